The second-order valence-corrected chi connectivity index (χ2v) is 3.53. The van der Waals surface area contributed by atoms with E-state index in [1.54, 1.807) is 13.0 Å². The first-order valence-corrected chi connectivity index (χ1v) is 5.33. The standard InChI is InChI=1S/C11H9F2NO3S/c1-2-16-10(15)6-3-7(5-14)9(18)8(4-6)17-11(12)13/h3-4,11,18H,2H2,1H3. The van der Waals surface area contributed by atoms with Gasteiger partial charge in [0.25, 0.3) is 0 Å². The SMILES string of the molecule is CCOC(=O)c1cc(C#N)c(S)c(OC(F)F)c1. The van der Waals surface area contributed by atoms with E-state index in [1.807, 2.05) is 0 Å². The number of alkyl halides is 2. The van der Waals surface area contributed by atoms with E-state index in [-0.39, 0.29) is 28.4 Å². The molecule has 0 radical (unpaired) electrons. The summed E-state index contributed by atoms with van der Waals surface area (Å²) in [7, 11) is 0. The van der Waals surface area contributed by atoms with E-state index < -0.39 is 12.6 Å². The summed E-state index contributed by atoms with van der Waals surface area (Å²) in [6.45, 7) is -1.33. The molecule has 0 aliphatic rings. The van der Waals surface area contributed by atoms with Gasteiger partial charge < -0.3 is 9.47 Å². The molecule has 18 heavy (non-hydrogen) atoms. The molecule has 96 valence electrons. The number of esters is 1. The van der Waals surface area contributed by atoms with Gasteiger partial charge in [0.05, 0.1) is 22.6 Å². The minimum atomic E-state index is -3.07. The predicted molar refractivity (Wildman–Crippen MR) is 61.0 cm³/mol. The molecule has 4 nitrogen and oxygen atoms in total. The Bertz CT molecular complexity index is 500. The third-order valence-electron chi connectivity index (χ3n) is 1.92. The zero-order chi connectivity index (χ0) is 13.7. The third kappa shape index (κ3) is 3.34. The molecule has 0 saturated heterocycles. The lowest BCUT2D eigenvalue weighted by molar-refractivity contribution is -0.0517. The van der Waals surface area contributed by atoms with Crippen LogP contribution in [-0.2, 0) is 4.74 Å². The zero-order valence-electron chi connectivity index (χ0n) is 9.31. The van der Waals surface area contributed by atoms with Gasteiger partial charge in [0.2, 0.25) is 0 Å². The van der Waals surface area contributed by atoms with E-state index in [9.17, 15) is 13.6 Å². The summed E-state index contributed by atoms with van der Waals surface area (Å²) in [5.41, 5.74) is -0.0820. The van der Waals surface area contributed by atoms with Crippen molar-refractivity contribution in [3.05, 3.63) is 23.3 Å². The number of hydrogen-bond donors (Lipinski definition) is 1. The maximum absolute atomic E-state index is 12.2. The summed E-state index contributed by atoms with van der Waals surface area (Å²) >= 11 is 3.90. The quantitative estimate of drug-likeness (QED) is 0.676. The second-order valence-electron chi connectivity index (χ2n) is 3.08. The fraction of sp³-hybridized carbons (Fsp3) is 0.273. The minimum absolute atomic E-state index is 0.0400. The van der Waals surface area contributed by atoms with Gasteiger partial charge in [0, 0.05) is 0 Å². The Morgan fingerprint density at radius 3 is 2.72 bits per heavy atom. The Morgan fingerprint density at radius 2 is 2.22 bits per heavy atom. The monoisotopic (exact) mass is 273 g/mol. The Morgan fingerprint density at radius 1 is 1.56 bits per heavy atom. The van der Waals surface area contributed by atoms with Gasteiger partial charge in [-0.3, -0.25) is 0 Å². The lowest BCUT2D eigenvalue weighted by Crippen LogP contribution is -2.08. The highest BCUT2D eigenvalue weighted by Gasteiger charge is 2.17. The van der Waals surface area contributed by atoms with E-state index in [2.05, 4.69) is 17.4 Å². The van der Waals surface area contributed by atoms with Crippen molar-refractivity contribution in [3.63, 3.8) is 0 Å². The van der Waals surface area contributed by atoms with Crippen LogP contribution in [-0.4, -0.2) is 19.2 Å². The van der Waals surface area contributed by atoms with Crippen LogP contribution in [0.1, 0.15) is 22.8 Å². The molecule has 0 amide bonds. The number of carbonyl (C=O) groups is 1. The first-order chi connectivity index (χ1) is 8.49. The zero-order valence-corrected chi connectivity index (χ0v) is 10.2. The second kappa shape index (κ2) is 6.21. The summed E-state index contributed by atoms with van der Waals surface area (Å²) < 4.78 is 33.2. The van der Waals surface area contributed by atoms with Crippen molar-refractivity contribution in [1.29, 1.82) is 5.26 Å². The van der Waals surface area contributed by atoms with E-state index in [1.165, 1.54) is 6.07 Å². The minimum Gasteiger partial charge on any atom is -0.462 e. The van der Waals surface area contributed by atoms with Gasteiger partial charge in [-0.1, -0.05) is 0 Å². The molecule has 0 saturated carbocycles. The summed E-state index contributed by atoms with van der Waals surface area (Å²) in [5, 5.41) is 8.82. The topological polar surface area (TPSA) is 59.3 Å². The molecule has 0 fully saturated rings. The molecule has 1 aromatic rings. The lowest BCUT2D eigenvalue weighted by Gasteiger charge is -2.10. The number of ether oxygens (including phenoxy) is 2. The van der Waals surface area contributed by atoms with Crippen molar-refractivity contribution in [3.8, 4) is 11.8 Å². The third-order valence-corrected chi connectivity index (χ3v) is 2.38. The summed E-state index contributed by atoms with van der Waals surface area (Å²) in [4.78, 5) is 11.4. The summed E-state index contributed by atoms with van der Waals surface area (Å²) in [5.74, 6) is -1.06. The predicted octanol–water partition coefficient (Wildman–Crippen LogP) is 2.63. The number of nitriles is 1. The van der Waals surface area contributed by atoms with Crippen LogP contribution < -0.4 is 4.74 Å². The molecule has 1 aromatic carbocycles. The first kappa shape index (κ1) is 14.3. The Balaban J connectivity index is 3.22. The lowest BCUT2D eigenvalue weighted by atomic mass is 10.1. The number of hydrogen-bond acceptors (Lipinski definition) is 5. The molecular weight excluding hydrogens is 264 g/mol. The van der Waals surface area contributed by atoms with Gasteiger partial charge in [-0.25, -0.2) is 4.79 Å². The maximum Gasteiger partial charge on any atom is 0.387 e. The van der Waals surface area contributed by atoms with E-state index in [0.717, 1.165) is 6.07 Å². The molecule has 7 heteroatoms. The molecule has 1 rings (SSSR count). The average molecular weight is 273 g/mol. The van der Waals surface area contributed by atoms with Gasteiger partial charge in [0.15, 0.2) is 0 Å². The van der Waals surface area contributed by atoms with E-state index in [4.69, 9.17) is 10.00 Å². The number of halogens is 2. The highest BCUT2D eigenvalue weighted by atomic mass is 32.1. The Labute approximate surface area is 108 Å². The van der Waals surface area contributed by atoms with Gasteiger partial charge >= 0.3 is 12.6 Å². The molecule has 0 aromatic heterocycles. The number of rotatable bonds is 4. The van der Waals surface area contributed by atoms with Crippen molar-refractivity contribution in [1.82, 2.24) is 0 Å². The molecule has 0 spiro atoms. The summed E-state index contributed by atoms with van der Waals surface area (Å²) in [6.07, 6.45) is 0. The highest BCUT2D eigenvalue weighted by Crippen LogP contribution is 2.29. The van der Waals surface area contributed by atoms with Crippen LogP contribution in [0, 0.1) is 11.3 Å². The number of benzene rings is 1. The van der Waals surface area contributed by atoms with Gasteiger partial charge in [-0.05, 0) is 19.1 Å². The molecule has 0 N–H and O–H groups in total. The molecular formula is C11H9F2NO3S. The van der Waals surface area contributed by atoms with Crippen LogP contribution in [0.15, 0.2) is 17.0 Å². The molecule has 0 heterocycles. The van der Waals surface area contributed by atoms with Crippen molar-refractivity contribution < 1.29 is 23.0 Å². The van der Waals surface area contributed by atoms with E-state index in [0.29, 0.717) is 0 Å². The van der Waals surface area contributed by atoms with Crippen LogP contribution in [0.3, 0.4) is 0 Å². The molecule has 0 aliphatic carbocycles. The van der Waals surface area contributed by atoms with Gasteiger partial charge in [0.1, 0.15) is 11.8 Å². The number of thiol groups is 1. The largest absolute Gasteiger partial charge is 0.462 e. The molecule has 0 atom stereocenters. The molecule has 0 bridgehead atoms. The van der Waals surface area contributed by atoms with E-state index >= 15 is 0 Å². The fourth-order valence-electron chi connectivity index (χ4n) is 1.21. The van der Waals surface area contributed by atoms with Gasteiger partial charge in [-0.2, -0.15) is 14.0 Å². The van der Waals surface area contributed by atoms with Crippen LogP contribution in [0.25, 0.3) is 0 Å². The smallest absolute Gasteiger partial charge is 0.387 e. The Hall–Kier alpha value is -1.81. The van der Waals surface area contributed by atoms with Crippen molar-refractivity contribution in [2.75, 3.05) is 6.61 Å². The van der Waals surface area contributed by atoms with Crippen LogP contribution in [0.5, 0.6) is 5.75 Å². The number of nitrogens with zero attached hydrogens (tertiary/aromatic N) is 1. The van der Waals surface area contributed by atoms with Crippen molar-refractivity contribution >= 4 is 18.6 Å². The maximum atomic E-state index is 12.2. The van der Waals surface area contributed by atoms with Crippen molar-refractivity contribution in [2.24, 2.45) is 0 Å². The van der Waals surface area contributed by atoms with Crippen molar-refractivity contribution in [2.45, 2.75) is 18.4 Å². The molecule has 0 unspecified atom stereocenters. The van der Waals surface area contributed by atoms with Gasteiger partial charge in [-0.15, -0.1) is 12.6 Å². The van der Waals surface area contributed by atoms with Crippen LogP contribution >= 0.6 is 12.6 Å². The number of carbonyl (C=O) groups excluding carboxylic acids is 1. The Kier molecular flexibility index (Phi) is 4.92. The van der Waals surface area contributed by atoms with Crippen LogP contribution in [0.4, 0.5) is 8.78 Å². The average Bonchev–Trinajstić information content (AvgIpc) is 2.31. The summed E-state index contributed by atoms with van der Waals surface area (Å²) in [6, 6.07) is 4.01. The normalized spacial score (nSPS) is 10.0. The molecule has 0 aliphatic heterocycles. The fourth-order valence-corrected chi connectivity index (χ4v) is 1.44. The highest BCUT2D eigenvalue weighted by molar-refractivity contribution is 7.80. The van der Waals surface area contributed by atoms with Crippen LogP contribution in [0.2, 0.25) is 0 Å². The first-order valence-electron chi connectivity index (χ1n) is 4.88.